The fourth-order valence-corrected chi connectivity index (χ4v) is 17.2. The monoisotopic (exact) mass is 1150 g/mol. The number of likely N-dealkylation sites (tertiary alicyclic amines) is 7. The fraction of sp³-hybridized carbons (Fsp3) is 1.00. The molecule has 7 heteroatoms. The molecule has 15 unspecified atom stereocenters. The molecule has 7 rings (SSSR count). The van der Waals surface area contributed by atoms with Crippen molar-refractivity contribution in [3.8, 4) is 0 Å². The van der Waals surface area contributed by atoms with Crippen LogP contribution < -0.4 is 0 Å². The molecular formula is C74H162N7+7. The summed E-state index contributed by atoms with van der Waals surface area (Å²) in [4.78, 5) is 0. The molecule has 0 aliphatic carbocycles. The summed E-state index contributed by atoms with van der Waals surface area (Å²) >= 11 is 0. The Hall–Kier alpha value is -0.280. The van der Waals surface area contributed by atoms with Gasteiger partial charge in [-0.05, 0) is 187 Å². The molecule has 7 aliphatic rings. The van der Waals surface area contributed by atoms with Crippen molar-refractivity contribution in [3.63, 3.8) is 0 Å². The van der Waals surface area contributed by atoms with Crippen LogP contribution in [0.25, 0.3) is 0 Å². The predicted molar refractivity (Wildman–Crippen MR) is 365 cm³/mol. The predicted octanol–water partition coefficient (Wildman–Crippen LogP) is 17.6. The maximum Gasteiger partial charge on any atom is 0.0885 e. The average Bonchev–Trinajstić information content (AvgIpc) is 3.41. The average molecular weight is 1150 g/mol. The van der Waals surface area contributed by atoms with Gasteiger partial charge in [-0.1, -0.05) is 90.0 Å². The summed E-state index contributed by atoms with van der Waals surface area (Å²) in [6.45, 7) is 64.9. The Morgan fingerprint density at radius 3 is 1.19 bits per heavy atom. The molecule has 0 N–H and O–H groups in total. The Kier molecular flexibility index (Phi) is 37.8. The zero-order valence-electron chi connectivity index (χ0n) is 61.4. The minimum atomic E-state index is 0.874. The SMILES string of the molecule is CCC[N+]1(C)C(C)CCCC1C.CCC[N+]1(C)CCC(C)C(C)C1.CCC[N+]1(C)CCC(C)CC1.CCC[N+]1(C)CCC(C)CC1C.CCC[N+]1(C)CCCC(C)C1.CCC[N+]1(C)CCCC(C)C1C.CCC[N+]1(C)CCCCC1C. The van der Waals surface area contributed by atoms with Crippen LogP contribution >= 0.6 is 0 Å². The number of hydrogen-bond donors (Lipinski definition) is 0. The topological polar surface area (TPSA) is 0 Å². The zero-order valence-corrected chi connectivity index (χ0v) is 61.4. The van der Waals surface area contributed by atoms with Crippen LogP contribution in [-0.2, 0) is 0 Å². The Morgan fingerprint density at radius 1 is 0.272 bits per heavy atom. The number of nitrogens with zero attached hydrogens (tertiary/aromatic N) is 7. The third-order valence-corrected chi connectivity index (χ3v) is 24.4. The van der Waals surface area contributed by atoms with Crippen LogP contribution in [0.1, 0.15) is 266 Å². The van der Waals surface area contributed by atoms with Crippen molar-refractivity contribution >= 4 is 0 Å². The summed E-state index contributed by atoms with van der Waals surface area (Å²) in [7, 11) is 17.0. The minimum absolute atomic E-state index is 0.874. The first kappa shape index (κ1) is 78.7. The number of piperidine rings is 7. The summed E-state index contributed by atoms with van der Waals surface area (Å²) in [6, 6.07) is 4.43. The van der Waals surface area contributed by atoms with Gasteiger partial charge in [0.15, 0.2) is 0 Å². The van der Waals surface area contributed by atoms with Gasteiger partial charge >= 0.3 is 0 Å². The maximum atomic E-state index is 2.44. The quantitative estimate of drug-likeness (QED) is 0.152. The fourth-order valence-electron chi connectivity index (χ4n) is 17.2. The highest BCUT2D eigenvalue weighted by molar-refractivity contribution is 4.71. The van der Waals surface area contributed by atoms with Crippen LogP contribution in [0.15, 0.2) is 0 Å². The first-order chi connectivity index (χ1) is 37.9. The summed E-state index contributed by atoms with van der Waals surface area (Å²) in [6.07, 6.45) is 30.9. The van der Waals surface area contributed by atoms with Crippen molar-refractivity contribution in [3.05, 3.63) is 0 Å². The van der Waals surface area contributed by atoms with Gasteiger partial charge in [0.05, 0.1) is 184 Å². The largest absolute Gasteiger partial charge is 0.326 e. The van der Waals surface area contributed by atoms with E-state index >= 15 is 0 Å². The van der Waals surface area contributed by atoms with Crippen molar-refractivity contribution in [2.45, 2.75) is 296 Å². The summed E-state index contributed by atoms with van der Waals surface area (Å²) in [5.41, 5.74) is 0. The molecule has 7 nitrogen and oxygen atoms in total. The van der Waals surface area contributed by atoms with E-state index in [4.69, 9.17) is 0 Å². The first-order valence-electron chi connectivity index (χ1n) is 36.8. The lowest BCUT2D eigenvalue weighted by Gasteiger charge is -2.48. The van der Waals surface area contributed by atoms with Crippen LogP contribution in [-0.4, -0.2) is 216 Å². The summed E-state index contributed by atoms with van der Waals surface area (Å²) < 4.78 is 9.27. The smallest absolute Gasteiger partial charge is 0.0885 e. The van der Waals surface area contributed by atoms with E-state index in [-0.39, 0.29) is 0 Å². The molecule has 15 atom stereocenters. The molecule has 7 aliphatic heterocycles. The van der Waals surface area contributed by atoms with E-state index in [2.05, 4.69) is 174 Å². The van der Waals surface area contributed by atoms with Crippen molar-refractivity contribution < 1.29 is 31.4 Å². The number of rotatable bonds is 14. The number of hydrogen-bond acceptors (Lipinski definition) is 0. The van der Waals surface area contributed by atoms with E-state index in [0.717, 1.165) is 65.7 Å². The maximum absolute atomic E-state index is 2.44. The van der Waals surface area contributed by atoms with Gasteiger partial charge in [-0.25, -0.2) is 0 Å². The molecule has 0 aromatic heterocycles. The molecule has 0 aromatic carbocycles. The molecule has 7 fully saturated rings. The lowest BCUT2D eigenvalue weighted by Crippen LogP contribution is -2.59. The summed E-state index contributed by atoms with van der Waals surface area (Å²) in [5.74, 6) is 5.71. The third-order valence-electron chi connectivity index (χ3n) is 24.4. The van der Waals surface area contributed by atoms with E-state index in [1.165, 1.54) is 277 Å². The summed E-state index contributed by atoms with van der Waals surface area (Å²) in [5, 5.41) is 0. The second kappa shape index (κ2) is 38.9. The molecular weight excluding hydrogens is 987 g/mol. The second-order valence-electron chi connectivity index (χ2n) is 32.6. The van der Waals surface area contributed by atoms with E-state index in [1.54, 1.807) is 0 Å². The van der Waals surface area contributed by atoms with Gasteiger partial charge in [-0.3, -0.25) is 0 Å². The highest BCUT2D eigenvalue weighted by Crippen LogP contribution is 2.32. The Bertz CT molecular complexity index is 1540. The van der Waals surface area contributed by atoms with Gasteiger partial charge in [0, 0.05) is 24.2 Å². The highest BCUT2D eigenvalue weighted by Gasteiger charge is 2.39. The highest BCUT2D eigenvalue weighted by atomic mass is 15.4. The van der Waals surface area contributed by atoms with Gasteiger partial charge < -0.3 is 31.4 Å². The molecule has 0 saturated carbocycles. The minimum Gasteiger partial charge on any atom is -0.326 e. The van der Waals surface area contributed by atoms with E-state index in [1.807, 2.05) is 0 Å². The van der Waals surface area contributed by atoms with Crippen molar-refractivity contribution in [2.24, 2.45) is 35.5 Å². The molecule has 81 heavy (non-hydrogen) atoms. The molecule has 0 aromatic rings. The van der Waals surface area contributed by atoms with Crippen molar-refractivity contribution in [1.82, 2.24) is 0 Å². The lowest BCUT2D eigenvalue weighted by molar-refractivity contribution is -0.957. The van der Waals surface area contributed by atoms with Gasteiger partial charge in [0.2, 0.25) is 0 Å². The van der Waals surface area contributed by atoms with Crippen LogP contribution in [0.4, 0.5) is 0 Å². The third kappa shape index (κ3) is 27.8. The second-order valence-corrected chi connectivity index (χ2v) is 32.6. The molecule has 486 valence electrons. The molecule has 0 radical (unpaired) electrons. The standard InChI is InChI=1S/4C11H24N.3C10H22N/c1-5-9-12(4)10(2)7-6-8-11(12)3;1-5-8-12(4)9-6-7-10(2)11(12)3;1-5-7-12(4)8-6-10(2)11(3)9-12;1-5-7-12(4)8-6-10(2)9-11(12)3;1-4-7-11(3)8-5-10(2)6-9-11;1-4-8-11(3)9-6-5-7-10(11)2;1-4-7-11(3)8-5-6-10(2)9-11/h4*10-11H,5-9H2,1-4H3;3*10H,4-9H2,1-3H3/q7*+1. The van der Waals surface area contributed by atoms with Gasteiger partial charge in [-0.15, -0.1) is 0 Å². The van der Waals surface area contributed by atoms with Crippen molar-refractivity contribution in [2.75, 3.05) is 154 Å². The molecule has 0 bridgehead atoms. The first-order valence-corrected chi connectivity index (χ1v) is 36.8. The Morgan fingerprint density at radius 2 is 0.704 bits per heavy atom. The van der Waals surface area contributed by atoms with Crippen LogP contribution in [0, 0.1) is 35.5 Å². The van der Waals surface area contributed by atoms with Crippen LogP contribution in [0.3, 0.4) is 0 Å². The van der Waals surface area contributed by atoms with Gasteiger partial charge in [-0.2, -0.15) is 0 Å². The van der Waals surface area contributed by atoms with Crippen LogP contribution in [0.2, 0.25) is 0 Å². The van der Waals surface area contributed by atoms with Gasteiger partial charge in [0.1, 0.15) is 0 Å². The van der Waals surface area contributed by atoms with Crippen molar-refractivity contribution in [1.29, 1.82) is 0 Å². The lowest BCUT2D eigenvalue weighted by atomic mass is 9.87. The van der Waals surface area contributed by atoms with Crippen LogP contribution in [0.5, 0.6) is 0 Å². The van der Waals surface area contributed by atoms with E-state index in [9.17, 15) is 0 Å². The number of quaternary nitrogens is 7. The zero-order chi connectivity index (χ0) is 61.7. The molecule has 0 spiro atoms. The molecule has 0 amide bonds. The normalized spacial score (nSPS) is 41.4. The van der Waals surface area contributed by atoms with Gasteiger partial charge in [0.25, 0.3) is 0 Å². The van der Waals surface area contributed by atoms with E-state index < -0.39 is 0 Å². The van der Waals surface area contributed by atoms with E-state index in [0.29, 0.717) is 0 Å². The Labute approximate surface area is 514 Å². The Balaban J connectivity index is 0.000000473. The molecule has 7 saturated heterocycles. The molecule has 7 heterocycles.